The van der Waals surface area contributed by atoms with Crippen LogP contribution in [-0.2, 0) is 13.1 Å². The van der Waals surface area contributed by atoms with E-state index in [0.717, 1.165) is 35.3 Å². The first-order valence-corrected chi connectivity index (χ1v) is 12.1. The summed E-state index contributed by atoms with van der Waals surface area (Å²) in [5.41, 5.74) is 4.50. The number of carbonyl (C=O) groups is 1. The van der Waals surface area contributed by atoms with Gasteiger partial charge in [0.05, 0.1) is 11.9 Å². The van der Waals surface area contributed by atoms with Gasteiger partial charge < -0.3 is 4.90 Å². The summed E-state index contributed by atoms with van der Waals surface area (Å²) in [5, 5.41) is 4.55. The predicted octanol–water partition coefficient (Wildman–Crippen LogP) is 5.70. The Hall–Kier alpha value is -3.02. The molecule has 5 nitrogen and oxygen atoms in total. The van der Waals surface area contributed by atoms with E-state index in [1.807, 2.05) is 34.0 Å². The number of nitrogens with zero attached hydrogens (tertiary/aromatic N) is 4. The lowest BCUT2D eigenvalue weighted by Gasteiger charge is -2.22. The average Bonchev–Trinajstić information content (AvgIpc) is 3.18. The van der Waals surface area contributed by atoms with Crippen LogP contribution in [-0.4, -0.2) is 32.1 Å². The lowest BCUT2D eigenvalue weighted by molar-refractivity contribution is 0.0771. The molecule has 0 unspecified atom stereocenters. The molecule has 2 aromatic heterocycles. The molecule has 1 amide bonds. The first-order valence-electron chi connectivity index (χ1n) is 12.1. The molecule has 3 heterocycles. The molecule has 0 N–H and O–H groups in total. The van der Waals surface area contributed by atoms with Gasteiger partial charge in [0.1, 0.15) is 5.82 Å². The molecular weight excluding hydrogens is 415 g/mol. The molecule has 2 saturated carbocycles. The van der Waals surface area contributed by atoms with Crippen LogP contribution < -0.4 is 0 Å². The van der Waals surface area contributed by atoms with Crippen molar-refractivity contribution in [1.82, 2.24) is 19.7 Å². The highest BCUT2D eigenvalue weighted by molar-refractivity contribution is 6.00. The van der Waals surface area contributed by atoms with Crippen LogP contribution in [0.2, 0.25) is 0 Å². The fourth-order valence-electron chi connectivity index (χ4n) is 5.56. The monoisotopic (exact) mass is 444 g/mol. The van der Waals surface area contributed by atoms with E-state index in [-0.39, 0.29) is 17.1 Å². The Morgan fingerprint density at radius 3 is 2.76 bits per heavy atom. The Kier molecular flexibility index (Phi) is 4.86. The van der Waals surface area contributed by atoms with E-state index >= 15 is 4.39 Å². The van der Waals surface area contributed by atoms with Crippen molar-refractivity contribution in [3.63, 3.8) is 0 Å². The van der Waals surface area contributed by atoms with Crippen LogP contribution >= 0.6 is 0 Å². The van der Waals surface area contributed by atoms with Crippen molar-refractivity contribution < 1.29 is 9.18 Å². The van der Waals surface area contributed by atoms with Crippen LogP contribution in [0.1, 0.15) is 61.4 Å². The van der Waals surface area contributed by atoms with Crippen LogP contribution in [0, 0.1) is 17.2 Å². The number of hydrogen-bond donors (Lipinski definition) is 0. The van der Waals surface area contributed by atoms with Gasteiger partial charge in [0.15, 0.2) is 0 Å². The van der Waals surface area contributed by atoms with E-state index in [1.165, 1.54) is 50.8 Å². The number of benzene rings is 1. The molecule has 0 atom stereocenters. The Morgan fingerprint density at radius 1 is 1.15 bits per heavy atom. The van der Waals surface area contributed by atoms with Gasteiger partial charge in [-0.15, -0.1) is 0 Å². The number of fused-ring (bicyclic) bond motifs is 1. The number of rotatable bonds is 6. The summed E-state index contributed by atoms with van der Waals surface area (Å²) in [7, 11) is 0. The Morgan fingerprint density at radius 2 is 1.97 bits per heavy atom. The molecule has 3 aromatic rings. The summed E-state index contributed by atoms with van der Waals surface area (Å²) in [4.78, 5) is 19.5. The highest BCUT2D eigenvalue weighted by Crippen LogP contribution is 2.40. The Labute approximate surface area is 193 Å². The van der Waals surface area contributed by atoms with Gasteiger partial charge in [0.2, 0.25) is 0 Å². The van der Waals surface area contributed by atoms with Crippen molar-refractivity contribution in [2.45, 2.75) is 58.5 Å². The lowest BCUT2D eigenvalue weighted by atomic mass is 9.89. The van der Waals surface area contributed by atoms with Crippen LogP contribution in [0.5, 0.6) is 0 Å². The fourth-order valence-corrected chi connectivity index (χ4v) is 5.56. The Bertz CT molecular complexity index is 1220. The minimum atomic E-state index is -0.325. The van der Waals surface area contributed by atoms with Crippen molar-refractivity contribution >= 4 is 5.91 Å². The molecule has 1 aliphatic heterocycles. The number of amides is 1. The summed E-state index contributed by atoms with van der Waals surface area (Å²) in [6, 6.07) is 7.24. The van der Waals surface area contributed by atoms with E-state index in [0.29, 0.717) is 23.7 Å². The number of halogens is 1. The zero-order valence-electron chi connectivity index (χ0n) is 19.1. The van der Waals surface area contributed by atoms with Gasteiger partial charge >= 0.3 is 0 Å². The number of pyridine rings is 1. The maximum Gasteiger partial charge on any atom is 0.254 e. The van der Waals surface area contributed by atoms with Gasteiger partial charge in [-0.1, -0.05) is 31.9 Å². The van der Waals surface area contributed by atoms with Crippen LogP contribution in [0.15, 0.2) is 42.9 Å². The van der Waals surface area contributed by atoms with Gasteiger partial charge in [-0.05, 0) is 54.7 Å². The summed E-state index contributed by atoms with van der Waals surface area (Å²) >= 11 is 0. The van der Waals surface area contributed by atoms with Gasteiger partial charge in [-0.2, -0.15) is 5.10 Å². The fraction of sp³-hybridized carbons (Fsp3) is 0.444. The van der Waals surface area contributed by atoms with Crippen LogP contribution in [0.3, 0.4) is 0 Å². The molecule has 6 heteroatoms. The van der Waals surface area contributed by atoms with Gasteiger partial charge in [-0.25, -0.2) is 4.39 Å². The third-order valence-corrected chi connectivity index (χ3v) is 7.61. The molecule has 170 valence electrons. The lowest BCUT2D eigenvalue weighted by Crippen LogP contribution is -2.26. The van der Waals surface area contributed by atoms with Gasteiger partial charge in [-0.3, -0.25) is 14.5 Å². The van der Waals surface area contributed by atoms with Crippen molar-refractivity contribution in [2.24, 2.45) is 11.3 Å². The first-order chi connectivity index (χ1) is 16.0. The minimum absolute atomic E-state index is 0.0781. The molecule has 33 heavy (non-hydrogen) atoms. The van der Waals surface area contributed by atoms with E-state index in [9.17, 15) is 4.79 Å². The second kappa shape index (κ2) is 7.79. The topological polar surface area (TPSA) is 51.0 Å². The predicted molar refractivity (Wildman–Crippen MR) is 125 cm³/mol. The third kappa shape index (κ3) is 3.85. The van der Waals surface area contributed by atoms with Gasteiger partial charge in [0.25, 0.3) is 5.91 Å². The van der Waals surface area contributed by atoms with Crippen LogP contribution in [0.4, 0.5) is 4.39 Å². The molecule has 1 aromatic carbocycles. The van der Waals surface area contributed by atoms with E-state index in [2.05, 4.69) is 17.0 Å². The van der Waals surface area contributed by atoms with E-state index in [1.54, 1.807) is 6.20 Å². The van der Waals surface area contributed by atoms with Crippen LogP contribution in [0.25, 0.3) is 22.4 Å². The average molecular weight is 445 g/mol. The number of hydrogen-bond acceptors (Lipinski definition) is 3. The standard InChI is InChI=1S/C27H29FN4O/c1-27(9-2-3-10-27)17-32-16-21(13-30-32)24-23(28)8-11-29-25(24)19-6-7-20-15-31(14-18-4-5-18)26(33)22(20)12-19/h6-8,11-13,16,18H,2-5,9-10,14-15,17H2,1H3. The minimum Gasteiger partial charge on any atom is -0.334 e. The molecule has 0 bridgehead atoms. The maximum absolute atomic E-state index is 15.1. The second-order valence-electron chi connectivity index (χ2n) is 10.5. The molecule has 0 radical (unpaired) electrons. The van der Waals surface area contributed by atoms with E-state index in [4.69, 9.17) is 0 Å². The number of aromatic nitrogens is 3. The molecule has 0 spiro atoms. The Balaban J connectivity index is 1.33. The molecular formula is C27H29FN4O. The molecule has 3 aliphatic rings. The van der Waals surface area contributed by atoms with Crippen molar-refractivity contribution in [2.75, 3.05) is 6.54 Å². The smallest absolute Gasteiger partial charge is 0.254 e. The molecule has 6 rings (SSSR count). The first kappa shape index (κ1) is 20.6. The summed E-state index contributed by atoms with van der Waals surface area (Å²) in [6.45, 7) is 4.66. The largest absolute Gasteiger partial charge is 0.334 e. The summed E-state index contributed by atoms with van der Waals surface area (Å²) in [5.74, 6) is 0.408. The maximum atomic E-state index is 15.1. The zero-order chi connectivity index (χ0) is 22.6. The van der Waals surface area contributed by atoms with Crippen molar-refractivity contribution in [3.05, 3.63) is 59.8 Å². The van der Waals surface area contributed by atoms with Crippen molar-refractivity contribution in [3.8, 4) is 22.4 Å². The molecule has 2 fully saturated rings. The number of carbonyl (C=O) groups excluding carboxylic acids is 1. The molecule has 2 aliphatic carbocycles. The van der Waals surface area contributed by atoms with Gasteiger partial charge in [0, 0.05) is 54.3 Å². The summed E-state index contributed by atoms with van der Waals surface area (Å²) in [6.07, 6.45) is 12.5. The highest BCUT2D eigenvalue weighted by Gasteiger charge is 2.33. The van der Waals surface area contributed by atoms with Crippen molar-refractivity contribution in [1.29, 1.82) is 0 Å². The summed E-state index contributed by atoms with van der Waals surface area (Å²) < 4.78 is 17.1. The second-order valence-corrected chi connectivity index (χ2v) is 10.5. The SMILES string of the molecule is CC1(Cn2cc(-c3c(F)ccnc3-c3ccc4c(c3)C(=O)N(CC3CC3)C4)cn2)CCCC1. The quantitative estimate of drug-likeness (QED) is 0.490. The third-order valence-electron chi connectivity index (χ3n) is 7.61. The normalized spacial score (nSPS) is 19.3. The van der Waals surface area contributed by atoms with E-state index < -0.39 is 0 Å². The zero-order valence-corrected chi connectivity index (χ0v) is 19.1. The highest BCUT2D eigenvalue weighted by atomic mass is 19.1. The molecule has 0 saturated heterocycles.